The van der Waals surface area contributed by atoms with E-state index in [4.69, 9.17) is 4.74 Å². The van der Waals surface area contributed by atoms with Gasteiger partial charge < -0.3 is 20.1 Å². The number of halogens is 3. The van der Waals surface area contributed by atoms with Crippen molar-refractivity contribution in [3.8, 4) is 11.5 Å². The van der Waals surface area contributed by atoms with Crippen molar-refractivity contribution in [3.05, 3.63) is 18.2 Å². The molecule has 0 aliphatic carbocycles. The van der Waals surface area contributed by atoms with Gasteiger partial charge in [-0.1, -0.05) is 0 Å². The smallest absolute Gasteiger partial charge is 0.387 e. The maximum absolute atomic E-state index is 12.4. The first-order valence-corrected chi connectivity index (χ1v) is 6.74. The lowest BCUT2D eigenvalue weighted by atomic mass is 9.99. The summed E-state index contributed by atoms with van der Waals surface area (Å²) in [6.07, 6.45) is 1.68. The Balaban J connectivity index is 0.00000242. The molecule has 124 valence electrons. The Morgan fingerprint density at radius 3 is 2.82 bits per heavy atom. The minimum absolute atomic E-state index is 0. The van der Waals surface area contributed by atoms with Crippen LogP contribution in [0.3, 0.4) is 0 Å². The topological polar surface area (TPSA) is 59.6 Å². The second-order valence-electron chi connectivity index (χ2n) is 4.77. The number of amides is 1. The monoisotopic (exact) mass is 336 g/mol. The van der Waals surface area contributed by atoms with Gasteiger partial charge in [-0.3, -0.25) is 4.79 Å². The summed E-state index contributed by atoms with van der Waals surface area (Å²) < 4.78 is 34.2. The van der Waals surface area contributed by atoms with Crippen LogP contribution >= 0.6 is 12.4 Å². The molecule has 0 bridgehead atoms. The average Bonchev–Trinajstić information content (AvgIpc) is 2.49. The van der Waals surface area contributed by atoms with E-state index in [-0.39, 0.29) is 35.7 Å². The number of nitrogens with one attached hydrogen (secondary N) is 2. The number of methoxy groups -OCH3 is 1. The molecule has 2 rings (SSSR count). The Labute approximate surface area is 133 Å². The zero-order valence-corrected chi connectivity index (χ0v) is 12.9. The van der Waals surface area contributed by atoms with Gasteiger partial charge in [0.1, 0.15) is 11.5 Å². The predicted molar refractivity (Wildman–Crippen MR) is 81.1 cm³/mol. The van der Waals surface area contributed by atoms with E-state index in [1.54, 1.807) is 0 Å². The van der Waals surface area contributed by atoms with Crippen molar-refractivity contribution in [1.82, 2.24) is 5.32 Å². The highest BCUT2D eigenvalue weighted by molar-refractivity contribution is 5.94. The quantitative estimate of drug-likeness (QED) is 0.868. The minimum atomic E-state index is -2.95. The Kier molecular flexibility index (Phi) is 7.34. The molecule has 0 aromatic heterocycles. The van der Waals surface area contributed by atoms with Crippen LogP contribution < -0.4 is 20.1 Å². The zero-order valence-electron chi connectivity index (χ0n) is 12.1. The van der Waals surface area contributed by atoms with Crippen LogP contribution in [0.15, 0.2) is 18.2 Å². The van der Waals surface area contributed by atoms with Gasteiger partial charge in [0.2, 0.25) is 5.91 Å². The molecule has 0 spiro atoms. The normalized spacial score (nSPS) is 17.5. The van der Waals surface area contributed by atoms with Gasteiger partial charge in [0.25, 0.3) is 0 Å². The molecule has 22 heavy (non-hydrogen) atoms. The summed E-state index contributed by atoms with van der Waals surface area (Å²) in [4.78, 5) is 12.2. The molecule has 1 amide bonds. The number of carbonyl (C=O) groups is 1. The number of ether oxygens (including phenoxy) is 2. The maximum atomic E-state index is 12.4. The van der Waals surface area contributed by atoms with Crippen LogP contribution in [0.2, 0.25) is 0 Å². The van der Waals surface area contributed by atoms with Gasteiger partial charge >= 0.3 is 6.61 Å². The van der Waals surface area contributed by atoms with E-state index in [0.29, 0.717) is 12.3 Å². The molecule has 0 radical (unpaired) electrons. The first-order valence-electron chi connectivity index (χ1n) is 6.74. The summed E-state index contributed by atoms with van der Waals surface area (Å²) in [6, 6.07) is 4.31. The standard InChI is InChI=1S/C14H18F2N2O3.ClH/c1-20-10-4-5-12(21-14(15)16)11(7-10)18-13(19)9-3-2-6-17-8-9;/h4-5,7,9,14,17H,2-3,6,8H2,1H3,(H,18,19);1H/t9-;/m1./s1. The fourth-order valence-electron chi connectivity index (χ4n) is 2.24. The molecule has 1 atom stereocenters. The number of rotatable bonds is 5. The van der Waals surface area contributed by atoms with Crippen LogP contribution in [0.1, 0.15) is 12.8 Å². The van der Waals surface area contributed by atoms with Crippen LogP contribution in [-0.2, 0) is 4.79 Å². The van der Waals surface area contributed by atoms with Gasteiger partial charge in [-0.2, -0.15) is 8.78 Å². The summed E-state index contributed by atoms with van der Waals surface area (Å²) in [5.74, 6) is -0.0180. The third-order valence-electron chi connectivity index (χ3n) is 3.33. The van der Waals surface area contributed by atoms with Crippen molar-refractivity contribution < 1.29 is 23.0 Å². The molecule has 1 aliphatic rings. The lowest BCUT2D eigenvalue weighted by Crippen LogP contribution is -2.37. The Hall–Kier alpha value is -1.60. The van der Waals surface area contributed by atoms with E-state index >= 15 is 0 Å². The minimum Gasteiger partial charge on any atom is -0.497 e. The van der Waals surface area contributed by atoms with Crippen LogP contribution in [0.4, 0.5) is 14.5 Å². The fraction of sp³-hybridized carbons (Fsp3) is 0.500. The summed E-state index contributed by atoms with van der Waals surface area (Å²) in [5, 5.41) is 5.78. The molecular weight excluding hydrogens is 318 g/mol. The van der Waals surface area contributed by atoms with Crippen molar-refractivity contribution in [1.29, 1.82) is 0 Å². The van der Waals surface area contributed by atoms with Crippen LogP contribution in [0.5, 0.6) is 11.5 Å². The Morgan fingerprint density at radius 2 is 2.23 bits per heavy atom. The largest absolute Gasteiger partial charge is 0.497 e. The van der Waals surface area contributed by atoms with Gasteiger partial charge in [0.05, 0.1) is 18.7 Å². The molecule has 1 aromatic carbocycles. The van der Waals surface area contributed by atoms with E-state index < -0.39 is 6.61 Å². The highest BCUT2D eigenvalue weighted by Gasteiger charge is 2.22. The Morgan fingerprint density at radius 1 is 1.45 bits per heavy atom. The van der Waals surface area contributed by atoms with Crippen molar-refractivity contribution >= 4 is 24.0 Å². The molecule has 1 aliphatic heterocycles. The molecule has 1 fully saturated rings. The molecular formula is C14H19ClF2N2O3. The predicted octanol–water partition coefficient (Wildman–Crippen LogP) is 2.66. The van der Waals surface area contributed by atoms with Crippen molar-refractivity contribution in [2.45, 2.75) is 19.5 Å². The number of anilines is 1. The third kappa shape index (κ3) is 4.99. The molecule has 2 N–H and O–H groups in total. The van der Waals surface area contributed by atoms with Crippen molar-refractivity contribution in [3.63, 3.8) is 0 Å². The highest BCUT2D eigenvalue weighted by atomic mass is 35.5. The number of piperidine rings is 1. The molecule has 1 aromatic rings. The Bertz CT molecular complexity index is 497. The van der Waals surface area contributed by atoms with Gasteiger partial charge in [0.15, 0.2) is 0 Å². The third-order valence-corrected chi connectivity index (χ3v) is 3.33. The van der Waals surface area contributed by atoms with Crippen LogP contribution in [0, 0.1) is 5.92 Å². The average molecular weight is 337 g/mol. The maximum Gasteiger partial charge on any atom is 0.387 e. The van der Waals surface area contributed by atoms with Gasteiger partial charge in [0, 0.05) is 12.6 Å². The summed E-state index contributed by atoms with van der Waals surface area (Å²) >= 11 is 0. The zero-order chi connectivity index (χ0) is 15.2. The number of carbonyl (C=O) groups excluding carboxylic acids is 1. The van der Waals surface area contributed by atoms with Gasteiger partial charge in [-0.25, -0.2) is 0 Å². The van der Waals surface area contributed by atoms with Gasteiger partial charge in [-0.05, 0) is 31.5 Å². The van der Waals surface area contributed by atoms with E-state index in [2.05, 4.69) is 15.4 Å². The van der Waals surface area contributed by atoms with Crippen LogP contribution in [0.25, 0.3) is 0 Å². The number of alkyl halides is 2. The van der Waals surface area contributed by atoms with Crippen LogP contribution in [-0.4, -0.2) is 32.7 Å². The fourth-order valence-corrected chi connectivity index (χ4v) is 2.24. The second-order valence-corrected chi connectivity index (χ2v) is 4.77. The first-order chi connectivity index (χ1) is 10.1. The molecule has 1 heterocycles. The summed E-state index contributed by atoms with van der Waals surface area (Å²) in [7, 11) is 1.46. The lowest BCUT2D eigenvalue weighted by molar-refractivity contribution is -0.120. The lowest BCUT2D eigenvalue weighted by Gasteiger charge is -2.22. The summed E-state index contributed by atoms with van der Waals surface area (Å²) in [5.41, 5.74) is 0.185. The van der Waals surface area contributed by atoms with Crippen molar-refractivity contribution in [2.24, 2.45) is 5.92 Å². The van der Waals surface area contributed by atoms with Gasteiger partial charge in [-0.15, -0.1) is 12.4 Å². The van der Waals surface area contributed by atoms with E-state index in [1.807, 2.05) is 0 Å². The number of hydrogen-bond acceptors (Lipinski definition) is 4. The molecule has 8 heteroatoms. The van der Waals surface area contributed by atoms with E-state index in [1.165, 1.54) is 25.3 Å². The molecule has 1 saturated heterocycles. The van der Waals surface area contributed by atoms with E-state index in [0.717, 1.165) is 19.4 Å². The van der Waals surface area contributed by atoms with E-state index in [9.17, 15) is 13.6 Å². The summed E-state index contributed by atoms with van der Waals surface area (Å²) in [6.45, 7) is -1.48. The first kappa shape index (κ1) is 18.4. The number of hydrogen-bond donors (Lipinski definition) is 2. The highest BCUT2D eigenvalue weighted by Crippen LogP contribution is 2.31. The molecule has 0 saturated carbocycles. The molecule has 0 unspecified atom stereocenters. The SMILES string of the molecule is COc1ccc(OC(F)F)c(NC(=O)[C@@H]2CCCNC2)c1.Cl. The molecule has 5 nitrogen and oxygen atoms in total. The number of benzene rings is 1. The van der Waals surface area contributed by atoms with Crippen molar-refractivity contribution in [2.75, 3.05) is 25.5 Å². The second kappa shape index (κ2) is 8.75.